The fourth-order valence-electron chi connectivity index (χ4n) is 1.64. The Morgan fingerprint density at radius 2 is 1.64 bits per heavy atom. The lowest BCUT2D eigenvalue weighted by atomic mass is 9.96. The van der Waals surface area contributed by atoms with E-state index in [-0.39, 0.29) is 5.41 Å². The minimum atomic E-state index is 0.112. The first-order valence-electron chi connectivity index (χ1n) is 8.29. The first-order chi connectivity index (χ1) is 10.5. The van der Waals surface area contributed by atoms with Crippen molar-refractivity contribution in [1.82, 2.24) is 10.2 Å². The van der Waals surface area contributed by atoms with Gasteiger partial charge in [-0.05, 0) is 24.3 Å². The van der Waals surface area contributed by atoms with Crippen molar-refractivity contribution in [2.24, 2.45) is 5.41 Å². The first-order valence-corrected chi connectivity index (χ1v) is 8.29. The van der Waals surface area contributed by atoms with E-state index in [1.165, 1.54) is 0 Å². The number of unbranched alkanes of at least 4 members (excludes halogenated alkanes) is 2. The van der Waals surface area contributed by atoms with Gasteiger partial charge in [0.25, 0.3) is 5.88 Å². The Labute approximate surface area is 134 Å². The zero-order chi connectivity index (χ0) is 16.4. The molecule has 0 saturated carbocycles. The SMILES string of the molecule is CCCCOc1cc(/C=C/C(C)(C)C)nnc1OCCCC. The molecule has 1 aromatic heterocycles. The van der Waals surface area contributed by atoms with Crippen molar-refractivity contribution in [3.05, 3.63) is 17.8 Å². The number of hydrogen-bond donors (Lipinski definition) is 0. The summed E-state index contributed by atoms with van der Waals surface area (Å²) in [6, 6.07) is 1.91. The van der Waals surface area contributed by atoms with Gasteiger partial charge in [-0.25, -0.2) is 0 Å². The molecule has 4 nitrogen and oxygen atoms in total. The van der Waals surface area contributed by atoms with Gasteiger partial charge in [-0.2, -0.15) is 0 Å². The van der Waals surface area contributed by atoms with Crippen molar-refractivity contribution in [2.75, 3.05) is 13.2 Å². The van der Waals surface area contributed by atoms with Crippen LogP contribution in [0.3, 0.4) is 0 Å². The maximum absolute atomic E-state index is 5.82. The number of aromatic nitrogens is 2. The summed E-state index contributed by atoms with van der Waals surface area (Å²) in [6.07, 6.45) is 8.30. The summed E-state index contributed by atoms with van der Waals surface area (Å²) >= 11 is 0. The third-order valence-corrected chi connectivity index (χ3v) is 2.99. The molecule has 0 aliphatic rings. The van der Waals surface area contributed by atoms with Gasteiger partial charge in [0.05, 0.1) is 18.9 Å². The van der Waals surface area contributed by atoms with Gasteiger partial charge in [-0.3, -0.25) is 0 Å². The number of ether oxygens (including phenoxy) is 2. The number of hydrogen-bond acceptors (Lipinski definition) is 4. The topological polar surface area (TPSA) is 44.2 Å². The van der Waals surface area contributed by atoms with E-state index in [0.717, 1.165) is 31.4 Å². The van der Waals surface area contributed by atoms with E-state index < -0.39 is 0 Å². The Morgan fingerprint density at radius 3 is 2.23 bits per heavy atom. The zero-order valence-electron chi connectivity index (χ0n) is 14.7. The van der Waals surface area contributed by atoms with Crippen molar-refractivity contribution >= 4 is 6.08 Å². The smallest absolute Gasteiger partial charge is 0.276 e. The standard InChI is InChI=1S/C18H30N2O2/c1-6-8-12-21-16-14-15(10-11-18(3,4)5)19-20-17(16)22-13-9-7-2/h10-11,14H,6-9,12-13H2,1-5H3/b11-10+. The fraction of sp³-hybridized carbons (Fsp3) is 0.667. The van der Waals surface area contributed by atoms with Crippen LogP contribution in [-0.2, 0) is 0 Å². The lowest BCUT2D eigenvalue weighted by Crippen LogP contribution is -2.06. The number of rotatable bonds is 9. The van der Waals surface area contributed by atoms with Crippen LogP contribution in [0.1, 0.15) is 66.0 Å². The summed E-state index contributed by atoms with van der Waals surface area (Å²) in [5, 5.41) is 8.39. The molecule has 0 unspecified atom stereocenters. The van der Waals surface area contributed by atoms with Crippen LogP contribution in [0.15, 0.2) is 12.1 Å². The molecular weight excluding hydrogens is 276 g/mol. The molecule has 124 valence electrons. The second kappa shape index (κ2) is 9.44. The Bertz CT molecular complexity index is 465. The van der Waals surface area contributed by atoms with Crippen LogP contribution in [0.5, 0.6) is 11.6 Å². The highest BCUT2D eigenvalue weighted by atomic mass is 16.5. The highest BCUT2D eigenvalue weighted by molar-refractivity contribution is 5.49. The lowest BCUT2D eigenvalue weighted by Gasteiger charge is -2.13. The van der Waals surface area contributed by atoms with E-state index in [4.69, 9.17) is 9.47 Å². The van der Waals surface area contributed by atoms with Gasteiger partial charge >= 0.3 is 0 Å². The predicted molar refractivity (Wildman–Crippen MR) is 91.3 cm³/mol. The van der Waals surface area contributed by atoms with Gasteiger partial charge in [-0.1, -0.05) is 53.5 Å². The summed E-state index contributed by atoms with van der Waals surface area (Å²) < 4.78 is 11.5. The van der Waals surface area contributed by atoms with Crippen LogP contribution in [0.25, 0.3) is 6.08 Å². The number of allylic oxidation sites excluding steroid dienone is 1. The molecule has 0 aliphatic carbocycles. The van der Waals surface area contributed by atoms with Crippen molar-refractivity contribution < 1.29 is 9.47 Å². The van der Waals surface area contributed by atoms with E-state index in [0.29, 0.717) is 24.8 Å². The van der Waals surface area contributed by atoms with Crippen molar-refractivity contribution in [3.63, 3.8) is 0 Å². The molecule has 0 aliphatic heterocycles. The second-order valence-electron chi connectivity index (χ2n) is 6.54. The maximum atomic E-state index is 5.82. The van der Waals surface area contributed by atoms with Crippen LogP contribution < -0.4 is 9.47 Å². The average Bonchev–Trinajstić information content (AvgIpc) is 2.46. The van der Waals surface area contributed by atoms with Gasteiger partial charge in [0.15, 0.2) is 5.75 Å². The molecule has 4 heteroatoms. The largest absolute Gasteiger partial charge is 0.488 e. The monoisotopic (exact) mass is 306 g/mol. The lowest BCUT2D eigenvalue weighted by molar-refractivity contribution is 0.250. The Morgan fingerprint density at radius 1 is 1.00 bits per heavy atom. The first kappa shape index (κ1) is 18.5. The molecule has 0 N–H and O–H groups in total. The Kier molecular flexibility index (Phi) is 7.92. The molecular formula is C18H30N2O2. The molecule has 0 radical (unpaired) electrons. The van der Waals surface area contributed by atoms with E-state index in [9.17, 15) is 0 Å². The summed E-state index contributed by atoms with van der Waals surface area (Å²) in [4.78, 5) is 0. The van der Waals surface area contributed by atoms with Gasteiger partial charge < -0.3 is 9.47 Å². The second-order valence-corrected chi connectivity index (χ2v) is 6.54. The van der Waals surface area contributed by atoms with E-state index >= 15 is 0 Å². The fourth-order valence-corrected chi connectivity index (χ4v) is 1.64. The van der Waals surface area contributed by atoms with Crippen LogP contribution in [-0.4, -0.2) is 23.4 Å². The minimum absolute atomic E-state index is 0.112. The van der Waals surface area contributed by atoms with Crippen LogP contribution in [0.4, 0.5) is 0 Å². The van der Waals surface area contributed by atoms with Gasteiger partial charge in [0.1, 0.15) is 0 Å². The normalized spacial score (nSPS) is 11.9. The molecule has 1 rings (SSSR count). The van der Waals surface area contributed by atoms with Gasteiger partial charge in [0.2, 0.25) is 0 Å². The molecule has 0 aromatic carbocycles. The van der Waals surface area contributed by atoms with Crippen LogP contribution in [0.2, 0.25) is 0 Å². The molecule has 0 saturated heterocycles. The van der Waals surface area contributed by atoms with E-state index in [1.807, 2.05) is 12.1 Å². The predicted octanol–water partition coefficient (Wildman–Crippen LogP) is 4.89. The van der Waals surface area contributed by atoms with Crippen LogP contribution in [0, 0.1) is 5.41 Å². The Balaban J connectivity index is 2.85. The van der Waals surface area contributed by atoms with E-state index in [1.54, 1.807) is 0 Å². The summed E-state index contributed by atoms with van der Waals surface area (Å²) in [5.74, 6) is 1.19. The molecule has 0 fully saturated rings. The third-order valence-electron chi connectivity index (χ3n) is 2.99. The molecule has 0 atom stereocenters. The molecule has 22 heavy (non-hydrogen) atoms. The van der Waals surface area contributed by atoms with Gasteiger partial charge in [0, 0.05) is 6.07 Å². The quantitative estimate of drug-likeness (QED) is 0.609. The average molecular weight is 306 g/mol. The highest BCUT2D eigenvalue weighted by Gasteiger charge is 2.10. The molecule has 1 heterocycles. The summed E-state index contributed by atoms with van der Waals surface area (Å²) in [5.41, 5.74) is 0.908. The summed E-state index contributed by atoms with van der Waals surface area (Å²) in [7, 11) is 0. The Hall–Kier alpha value is -1.58. The van der Waals surface area contributed by atoms with Crippen molar-refractivity contribution in [2.45, 2.75) is 60.3 Å². The summed E-state index contributed by atoms with van der Waals surface area (Å²) in [6.45, 7) is 12.0. The highest BCUT2D eigenvalue weighted by Crippen LogP contribution is 2.26. The third kappa shape index (κ3) is 7.43. The van der Waals surface area contributed by atoms with Crippen LogP contribution >= 0.6 is 0 Å². The van der Waals surface area contributed by atoms with Gasteiger partial charge in [-0.15, -0.1) is 10.2 Å². The maximum Gasteiger partial charge on any atom is 0.276 e. The van der Waals surface area contributed by atoms with Crippen molar-refractivity contribution in [1.29, 1.82) is 0 Å². The molecule has 0 amide bonds. The molecule has 1 aromatic rings. The zero-order valence-corrected chi connectivity index (χ0v) is 14.7. The minimum Gasteiger partial charge on any atom is -0.488 e. The molecule has 0 spiro atoms. The van der Waals surface area contributed by atoms with E-state index in [2.05, 4.69) is 50.9 Å². The number of nitrogens with zero attached hydrogens (tertiary/aromatic N) is 2. The molecule has 0 bridgehead atoms. The van der Waals surface area contributed by atoms with Crippen molar-refractivity contribution in [3.8, 4) is 11.6 Å².